The maximum atomic E-state index is 4.18. The molecule has 0 saturated heterocycles. The smallest absolute Gasteiger partial charge is 0.116 e. The van der Waals surface area contributed by atoms with Gasteiger partial charge in [-0.25, -0.2) is 9.97 Å². The molecule has 0 bridgehead atoms. The van der Waals surface area contributed by atoms with Gasteiger partial charge in [-0.1, -0.05) is 288 Å². The summed E-state index contributed by atoms with van der Waals surface area (Å²) in [4.78, 5) is 24.4. The van der Waals surface area contributed by atoms with Crippen molar-refractivity contribution in [3.63, 3.8) is 0 Å². The normalized spacial score (nSPS) is 9.71. The molecule has 0 spiro atoms. The number of rotatable bonds is 0. The molecule has 0 saturated carbocycles. The minimum absolute atomic E-state index is 0.833. The Kier molecular flexibility index (Phi) is 40.7. The summed E-state index contributed by atoms with van der Waals surface area (Å²) >= 11 is 0. The lowest BCUT2D eigenvalue weighted by Gasteiger charge is -1.92. The van der Waals surface area contributed by atoms with Crippen LogP contribution in [0.4, 0.5) is 0 Å². The number of para-hydroxylation sites is 3. The molecule has 6 nitrogen and oxygen atoms in total. The third kappa shape index (κ3) is 39.3. The lowest BCUT2D eigenvalue weighted by molar-refractivity contribution is 0.736. The van der Waals surface area contributed by atoms with Gasteiger partial charge >= 0.3 is 0 Å². The van der Waals surface area contributed by atoms with Crippen LogP contribution in [0, 0.1) is 35.5 Å². The predicted molar refractivity (Wildman–Crippen MR) is 374 cm³/mol. The zero-order chi connectivity index (χ0) is 62.3. The van der Waals surface area contributed by atoms with Crippen LogP contribution >= 0.6 is 0 Å². The summed E-state index contributed by atoms with van der Waals surface area (Å²) in [6.45, 7) is 39.0. The molecule has 0 atom stereocenters. The predicted octanol–water partition coefficient (Wildman–Crippen LogP) is 23.4. The molecule has 0 aliphatic carbocycles. The Morgan fingerprint density at radius 1 is 0.190 bits per heavy atom. The summed E-state index contributed by atoms with van der Waals surface area (Å²) in [5.41, 5.74) is 3.12. The van der Waals surface area contributed by atoms with Gasteiger partial charge in [0, 0.05) is 59.5 Å². The number of pyridine rings is 4. The molecule has 6 heteroatoms. The lowest BCUT2D eigenvalue weighted by atomic mass is 10.1. The van der Waals surface area contributed by atoms with E-state index in [1.807, 2.05) is 153 Å². The fourth-order valence-electron chi connectivity index (χ4n) is 6.14. The maximum Gasteiger partial charge on any atom is 0.116 e. The van der Waals surface area contributed by atoms with E-state index in [0.717, 1.165) is 57.4 Å². The molecule has 0 aliphatic heterocycles. The van der Waals surface area contributed by atoms with Gasteiger partial charge in [0.15, 0.2) is 0 Å². The van der Waals surface area contributed by atoms with Crippen LogP contribution in [0.25, 0.3) is 65.0 Å². The molecule has 5 heterocycles. The highest BCUT2D eigenvalue weighted by Gasteiger charge is 1.91. The standard InChI is InChI=1S/C10H8.4C9H7N.C8H6N2.6C4H10/c1-2-6-10-8-4-3-7-9(10)5-1;2*1-2-6-9-8(4-1)5-3-7-10-9;2*1-2-4-9-7-10-6-5-8(9)3-1;1-2-4-8-7(3-1)5-9-6-10-8;6*1-4(2)3/h1-8H;4*1-7H;1-6H;6*4H,1-3H3. The second-order valence-electron chi connectivity index (χ2n) is 23.7. The highest BCUT2D eigenvalue weighted by atomic mass is 14.8. The van der Waals surface area contributed by atoms with E-state index in [1.54, 1.807) is 6.33 Å². The number of benzene rings is 7. The van der Waals surface area contributed by atoms with Gasteiger partial charge in [-0.05, 0) is 110 Å². The van der Waals surface area contributed by atoms with Crippen LogP contribution in [-0.4, -0.2) is 29.9 Å². The first-order valence-electron chi connectivity index (χ1n) is 29.9. The molecule has 0 aliphatic rings. The van der Waals surface area contributed by atoms with Crippen molar-refractivity contribution in [1.29, 1.82) is 0 Å². The van der Waals surface area contributed by atoms with Crippen LogP contribution in [0.1, 0.15) is 125 Å². The van der Waals surface area contributed by atoms with Gasteiger partial charge in [0.1, 0.15) is 6.33 Å². The van der Waals surface area contributed by atoms with Gasteiger partial charge < -0.3 is 0 Å². The van der Waals surface area contributed by atoms with Crippen molar-refractivity contribution < 1.29 is 0 Å². The largest absolute Gasteiger partial charge is 0.264 e. The second-order valence-corrected chi connectivity index (χ2v) is 23.7. The Balaban J connectivity index is 0.000000469. The molecule has 444 valence electrons. The minimum atomic E-state index is 0.833. The summed E-state index contributed by atoms with van der Waals surface area (Å²) < 4.78 is 0. The molecule has 0 radical (unpaired) electrons. The van der Waals surface area contributed by atoms with Crippen molar-refractivity contribution in [2.75, 3.05) is 0 Å². The Hall–Kier alpha value is -8.22. The summed E-state index contributed by atoms with van der Waals surface area (Å²) in [7, 11) is 0. The molecular formula is C78H102N6. The number of hydrogen-bond donors (Lipinski definition) is 0. The Morgan fingerprint density at radius 2 is 0.405 bits per heavy atom. The van der Waals surface area contributed by atoms with Gasteiger partial charge in [0.25, 0.3) is 0 Å². The molecule has 12 rings (SSSR count). The minimum Gasteiger partial charge on any atom is -0.264 e. The first-order valence-corrected chi connectivity index (χ1v) is 29.9. The van der Waals surface area contributed by atoms with Crippen LogP contribution in [0.15, 0.2) is 256 Å². The van der Waals surface area contributed by atoms with Crippen LogP contribution in [0.2, 0.25) is 0 Å². The SMILES string of the molecule is CC(C)C.CC(C)C.CC(C)C.CC(C)C.CC(C)C.CC(C)C.c1ccc2ccccc2c1.c1ccc2cnccc2c1.c1ccc2cnccc2c1.c1ccc2ncccc2c1.c1ccc2ncccc2c1.c1ccc2ncncc2c1. The highest BCUT2D eigenvalue weighted by molar-refractivity contribution is 5.83. The average Bonchev–Trinajstić information content (AvgIpc) is 3.49. The van der Waals surface area contributed by atoms with E-state index < -0.39 is 0 Å². The summed E-state index contributed by atoms with van der Waals surface area (Å²) in [6, 6.07) is 69.2. The van der Waals surface area contributed by atoms with Crippen molar-refractivity contribution in [3.8, 4) is 0 Å². The molecule has 0 amide bonds. The van der Waals surface area contributed by atoms with E-state index in [-0.39, 0.29) is 0 Å². The van der Waals surface area contributed by atoms with Crippen LogP contribution < -0.4 is 0 Å². The van der Waals surface area contributed by atoms with Crippen LogP contribution in [0.3, 0.4) is 0 Å². The van der Waals surface area contributed by atoms with Crippen molar-refractivity contribution in [2.45, 2.75) is 125 Å². The maximum absolute atomic E-state index is 4.18. The van der Waals surface area contributed by atoms with E-state index in [0.29, 0.717) is 0 Å². The van der Waals surface area contributed by atoms with Gasteiger partial charge in [0.05, 0.1) is 16.6 Å². The van der Waals surface area contributed by atoms with Gasteiger partial charge in [-0.3, -0.25) is 19.9 Å². The number of aromatic nitrogens is 6. The van der Waals surface area contributed by atoms with E-state index >= 15 is 0 Å². The topological polar surface area (TPSA) is 77.3 Å². The number of fused-ring (bicyclic) bond motifs is 6. The zero-order valence-corrected chi connectivity index (χ0v) is 54.4. The van der Waals surface area contributed by atoms with Crippen molar-refractivity contribution in [1.82, 2.24) is 29.9 Å². The molecule has 0 fully saturated rings. The Labute approximate surface area is 508 Å². The van der Waals surface area contributed by atoms with E-state index in [4.69, 9.17) is 0 Å². The van der Waals surface area contributed by atoms with Crippen molar-refractivity contribution in [3.05, 3.63) is 256 Å². The fourth-order valence-corrected chi connectivity index (χ4v) is 6.14. The Morgan fingerprint density at radius 3 is 0.679 bits per heavy atom. The second kappa shape index (κ2) is 46.3. The molecule has 12 aromatic rings. The zero-order valence-electron chi connectivity index (χ0n) is 54.4. The third-order valence-corrected chi connectivity index (χ3v) is 9.20. The summed E-state index contributed by atoms with van der Waals surface area (Å²) in [5.74, 6) is 5.00. The van der Waals surface area contributed by atoms with Gasteiger partial charge in [-0.2, -0.15) is 0 Å². The quantitative estimate of drug-likeness (QED) is 0.151. The molecule has 0 unspecified atom stereocenters. The first-order chi connectivity index (χ1) is 40.2. The molecule has 0 N–H and O–H groups in total. The molecule has 5 aromatic heterocycles. The van der Waals surface area contributed by atoms with E-state index in [1.165, 1.54) is 43.1 Å². The average molecular weight is 1120 g/mol. The monoisotopic (exact) mass is 1120 g/mol. The van der Waals surface area contributed by atoms with E-state index in [9.17, 15) is 0 Å². The lowest BCUT2D eigenvalue weighted by Crippen LogP contribution is -1.77. The van der Waals surface area contributed by atoms with Crippen LogP contribution in [0.5, 0.6) is 0 Å². The first kappa shape index (κ1) is 73.8. The van der Waals surface area contributed by atoms with E-state index in [2.05, 4.69) is 252 Å². The van der Waals surface area contributed by atoms with Gasteiger partial charge in [0.2, 0.25) is 0 Å². The molecular weight excluding hydrogens is 1020 g/mol. The third-order valence-electron chi connectivity index (χ3n) is 9.20. The summed E-state index contributed by atoms with van der Waals surface area (Å²) in [6.07, 6.45) is 14.3. The van der Waals surface area contributed by atoms with Crippen molar-refractivity contribution >= 4 is 65.0 Å². The number of nitrogens with zero attached hydrogens (tertiary/aromatic N) is 6. The number of hydrogen-bond acceptors (Lipinski definition) is 6. The summed E-state index contributed by atoms with van der Waals surface area (Å²) in [5, 5.41) is 11.0. The van der Waals surface area contributed by atoms with Gasteiger partial charge in [-0.15, -0.1) is 0 Å². The molecule has 84 heavy (non-hydrogen) atoms. The Bertz CT molecular complexity index is 2470. The van der Waals surface area contributed by atoms with Crippen LogP contribution in [-0.2, 0) is 0 Å². The highest BCUT2D eigenvalue weighted by Crippen LogP contribution is 2.13. The van der Waals surface area contributed by atoms with Crippen molar-refractivity contribution in [2.24, 2.45) is 35.5 Å². The fraction of sp³-hybridized carbons (Fsp3) is 0.308. The molecule has 7 aromatic carbocycles.